The number of carbonyl (C=O) groups is 1. The van der Waals surface area contributed by atoms with Gasteiger partial charge in [-0.05, 0) is 33.2 Å². The molecule has 1 amide bonds. The first-order valence-electron chi connectivity index (χ1n) is 5.38. The molecule has 2 atom stereocenters. The Balaban J connectivity index is 4.35. The number of hydrogen-bond acceptors (Lipinski definition) is 5. The minimum atomic E-state index is -3.91. The van der Waals surface area contributed by atoms with E-state index in [0.717, 1.165) is 0 Å². The van der Waals surface area contributed by atoms with Crippen LogP contribution in [0.3, 0.4) is 0 Å². The van der Waals surface area contributed by atoms with Gasteiger partial charge in [0.25, 0.3) is 0 Å². The second kappa shape index (κ2) is 6.77. The van der Waals surface area contributed by atoms with E-state index in [0.29, 0.717) is 6.54 Å². The van der Waals surface area contributed by atoms with Gasteiger partial charge in [0.2, 0.25) is 0 Å². The SMILES string of the molecule is CC(C)OC(=O)NS(=O)(=O)NC(C)C(C)CN. The normalized spacial score (nSPS) is 15.4. The Labute approximate surface area is 102 Å². The van der Waals surface area contributed by atoms with E-state index in [9.17, 15) is 13.2 Å². The number of amides is 1. The summed E-state index contributed by atoms with van der Waals surface area (Å²) >= 11 is 0. The lowest BCUT2D eigenvalue weighted by molar-refractivity contribution is 0.121. The maximum Gasteiger partial charge on any atom is 0.422 e. The molecule has 0 aromatic rings. The summed E-state index contributed by atoms with van der Waals surface area (Å²) in [6.45, 7) is 7.07. The molecule has 0 aromatic carbocycles. The zero-order valence-electron chi connectivity index (χ0n) is 10.6. The van der Waals surface area contributed by atoms with Gasteiger partial charge in [-0.1, -0.05) is 6.92 Å². The summed E-state index contributed by atoms with van der Waals surface area (Å²) in [5.41, 5.74) is 5.41. The predicted molar refractivity (Wildman–Crippen MR) is 64.5 cm³/mol. The molecule has 0 rings (SSSR count). The van der Waals surface area contributed by atoms with Gasteiger partial charge in [0.1, 0.15) is 0 Å². The van der Waals surface area contributed by atoms with E-state index in [1.807, 2.05) is 0 Å². The number of nitrogens with two attached hydrogens (primary N) is 1. The minimum absolute atomic E-state index is 0.0345. The van der Waals surface area contributed by atoms with Crippen LogP contribution in [0, 0.1) is 5.92 Å². The monoisotopic (exact) mass is 267 g/mol. The highest BCUT2D eigenvalue weighted by molar-refractivity contribution is 7.88. The Morgan fingerprint density at radius 1 is 1.29 bits per heavy atom. The molecule has 7 nitrogen and oxygen atoms in total. The second-order valence-corrected chi connectivity index (χ2v) is 5.63. The van der Waals surface area contributed by atoms with Crippen molar-refractivity contribution in [2.45, 2.75) is 39.8 Å². The molecule has 4 N–H and O–H groups in total. The van der Waals surface area contributed by atoms with Crippen LogP contribution in [-0.2, 0) is 14.9 Å². The van der Waals surface area contributed by atoms with Gasteiger partial charge < -0.3 is 10.5 Å². The molecule has 0 aliphatic rings. The standard InChI is InChI=1S/C9H21N3O4S/c1-6(2)16-9(13)12-17(14,15)11-8(4)7(3)5-10/h6-8,11H,5,10H2,1-4H3,(H,12,13). The molecule has 8 heteroatoms. The van der Waals surface area contributed by atoms with Crippen molar-refractivity contribution in [3.05, 3.63) is 0 Å². The van der Waals surface area contributed by atoms with Crippen LogP contribution in [-0.4, -0.2) is 33.2 Å². The smallest absolute Gasteiger partial charge is 0.422 e. The topological polar surface area (TPSA) is 111 Å². The summed E-state index contributed by atoms with van der Waals surface area (Å²) in [6, 6.07) is -0.371. The quantitative estimate of drug-likeness (QED) is 0.624. The van der Waals surface area contributed by atoms with E-state index in [4.69, 9.17) is 5.73 Å². The van der Waals surface area contributed by atoms with Crippen molar-refractivity contribution in [1.29, 1.82) is 0 Å². The lowest BCUT2D eigenvalue weighted by Crippen LogP contribution is -2.47. The molecule has 17 heavy (non-hydrogen) atoms. The van der Waals surface area contributed by atoms with Crippen molar-refractivity contribution in [2.24, 2.45) is 11.7 Å². The zero-order valence-corrected chi connectivity index (χ0v) is 11.4. The summed E-state index contributed by atoms with van der Waals surface area (Å²) in [6.07, 6.45) is -1.38. The van der Waals surface area contributed by atoms with Crippen LogP contribution in [0.2, 0.25) is 0 Å². The van der Waals surface area contributed by atoms with E-state index in [-0.39, 0.29) is 18.1 Å². The lowest BCUT2D eigenvalue weighted by atomic mass is 10.1. The minimum Gasteiger partial charge on any atom is -0.446 e. The van der Waals surface area contributed by atoms with Gasteiger partial charge in [-0.25, -0.2) is 9.52 Å². The fourth-order valence-electron chi connectivity index (χ4n) is 0.942. The fourth-order valence-corrected chi connectivity index (χ4v) is 1.99. The Morgan fingerprint density at radius 2 is 1.82 bits per heavy atom. The third kappa shape index (κ3) is 7.14. The first-order valence-corrected chi connectivity index (χ1v) is 6.87. The summed E-state index contributed by atoms with van der Waals surface area (Å²) in [7, 11) is -3.91. The van der Waals surface area contributed by atoms with Crippen molar-refractivity contribution in [3.63, 3.8) is 0 Å². The molecule has 0 saturated carbocycles. The average Bonchev–Trinajstić information content (AvgIpc) is 2.12. The van der Waals surface area contributed by atoms with Crippen molar-refractivity contribution in [1.82, 2.24) is 9.44 Å². The van der Waals surface area contributed by atoms with Crippen molar-refractivity contribution in [3.8, 4) is 0 Å². The first kappa shape index (κ1) is 16.1. The highest BCUT2D eigenvalue weighted by atomic mass is 32.2. The highest BCUT2D eigenvalue weighted by Gasteiger charge is 2.21. The molecule has 0 aliphatic heterocycles. The maximum atomic E-state index is 11.5. The van der Waals surface area contributed by atoms with Crippen molar-refractivity contribution < 1.29 is 17.9 Å². The molecule has 0 bridgehead atoms. The summed E-state index contributed by atoms with van der Waals surface area (Å²) in [4.78, 5) is 11.1. The third-order valence-corrected chi connectivity index (χ3v) is 3.24. The van der Waals surface area contributed by atoms with Crippen LogP contribution >= 0.6 is 0 Å². The summed E-state index contributed by atoms with van der Waals surface area (Å²) < 4.78 is 31.7. The predicted octanol–water partition coefficient (Wildman–Crippen LogP) is -0.0613. The van der Waals surface area contributed by atoms with E-state index < -0.39 is 16.3 Å². The largest absolute Gasteiger partial charge is 0.446 e. The van der Waals surface area contributed by atoms with Crippen molar-refractivity contribution in [2.75, 3.05) is 6.54 Å². The van der Waals surface area contributed by atoms with Gasteiger partial charge in [0.15, 0.2) is 0 Å². The van der Waals surface area contributed by atoms with Gasteiger partial charge in [-0.15, -0.1) is 0 Å². The van der Waals surface area contributed by atoms with E-state index >= 15 is 0 Å². The van der Waals surface area contributed by atoms with Crippen LogP contribution in [0.4, 0.5) is 4.79 Å². The van der Waals surface area contributed by atoms with E-state index in [1.54, 1.807) is 32.4 Å². The fraction of sp³-hybridized carbons (Fsp3) is 0.889. The van der Waals surface area contributed by atoms with Crippen LogP contribution in [0.25, 0.3) is 0 Å². The number of hydrogen-bond donors (Lipinski definition) is 3. The lowest BCUT2D eigenvalue weighted by Gasteiger charge is -2.19. The highest BCUT2D eigenvalue weighted by Crippen LogP contribution is 2.01. The Morgan fingerprint density at radius 3 is 2.24 bits per heavy atom. The molecule has 0 fully saturated rings. The summed E-state index contributed by atoms with van der Waals surface area (Å²) in [5.74, 6) is -0.0345. The first-order chi connectivity index (χ1) is 7.68. The number of rotatable bonds is 6. The number of nitrogens with one attached hydrogen (secondary N) is 2. The van der Waals surface area contributed by atoms with Crippen LogP contribution in [0.1, 0.15) is 27.7 Å². The molecule has 0 saturated heterocycles. The van der Waals surface area contributed by atoms with Gasteiger partial charge in [-0.2, -0.15) is 13.1 Å². The van der Waals surface area contributed by atoms with Crippen molar-refractivity contribution >= 4 is 16.3 Å². The van der Waals surface area contributed by atoms with Gasteiger partial charge in [0.05, 0.1) is 6.10 Å². The molecular formula is C9H21N3O4S. The molecule has 0 heterocycles. The Kier molecular flexibility index (Phi) is 6.43. The molecule has 0 aliphatic carbocycles. The number of carbonyl (C=O) groups excluding carboxylic acids is 1. The van der Waals surface area contributed by atoms with Gasteiger partial charge in [0, 0.05) is 6.04 Å². The average molecular weight is 267 g/mol. The van der Waals surface area contributed by atoms with E-state index in [1.165, 1.54) is 0 Å². The molecule has 0 aromatic heterocycles. The van der Waals surface area contributed by atoms with Crippen LogP contribution < -0.4 is 15.2 Å². The van der Waals surface area contributed by atoms with Crippen LogP contribution in [0.15, 0.2) is 0 Å². The third-order valence-electron chi connectivity index (χ3n) is 2.13. The molecule has 2 unspecified atom stereocenters. The molecular weight excluding hydrogens is 246 g/mol. The van der Waals surface area contributed by atoms with Gasteiger partial charge >= 0.3 is 16.3 Å². The molecule has 0 spiro atoms. The molecule has 102 valence electrons. The van der Waals surface area contributed by atoms with Gasteiger partial charge in [-0.3, -0.25) is 0 Å². The molecule has 0 radical (unpaired) electrons. The maximum absolute atomic E-state index is 11.5. The Bertz CT molecular complexity index is 342. The zero-order chi connectivity index (χ0) is 13.6. The van der Waals surface area contributed by atoms with Crippen LogP contribution in [0.5, 0.6) is 0 Å². The summed E-state index contributed by atoms with van der Waals surface area (Å²) in [5, 5.41) is 0. The Hall–Kier alpha value is -0.860. The van der Waals surface area contributed by atoms with E-state index in [2.05, 4.69) is 9.46 Å². The number of ether oxygens (including phenoxy) is 1. The second-order valence-electron chi connectivity index (χ2n) is 4.18.